The number of thiophene rings is 1. The average molecular weight is 445 g/mol. The Kier molecular flexibility index (Phi) is 5.71. The van der Waals surface area contributed by atoms with Crippen LogP contribution in [0, 0.1) is 19.7 Å². The minimum Gasteiger partial charge on any atom is -0.360 e. The van der Waals surface area contributed by atoms with E-state index in [0.29, 0.717) is 0 Å². The second kappa shape index (κ2) is 7.74. The van der Waals surface area contributed by atoms with Crippen LogP contribution in [0.3, 0.4) is 0 Å². The second-order valence-corrected chi connectivity index (χ2v) is 11.0. The first-order valence-electron chi connectivity index (χ1n) is 8.08. The summed E-state index contributed by atoms with van der Waals surface area (Å²) in [5.74, 6) is -0.420. The lowest BCUT2D eigenvalue weighted by Crippen LogP contribution is -2.32. The van der Waals surface area contributed by atoms with Crippen molar-refractivity contribution in [2.24, 2.45) is 0 Å². The van der Waals surface area contributed by atoms with Crippen LogP contribution in [-0.2, 0) is 19.9 Å². The molecule has 0 fully saturated rings. The summed E-state index contributed by atoms with van der Waals surface area (Å²) in [6.45, 7) is 2.50. The summed E-state index contributed by atoms with van der Waals surface area (Å²) >= 11 is 1.03. The first-order valence-corrected chi connectivity index (χ1v) is 12.0. The molecule has 0 radical (unpaired) electrons. The van der Waals surface area contributed by atoms with Gasteiger partial charge >= 0.3 is 0 Å². The third kappa shape index (κ3) is 4.02. The van der Waals surface area contributed by atoms with Crippen LogP contribution < -0.4 is 4.72 Å². The van der Waals surface area contributed by atoms with E-state index < -0.39 is 37.5 Å². The van der Waals surface area contributed by atoms with E-state index in [2.05, 4.69) is 9.88 Å². The van der Waals surface area contributed by atoms with Crippen LogP contribution in [-0.4, -0.2) is 28.5 Å². The third-order valence-corrected chi connectivity index (χ3v) is 9.29. The van der Waals surface area contributed by atoms with Gasteiger partial charge in [0.2, 0.25) is 10.0 Å². The Balaban J connectivity index is 1.98. The lowest BCUT2D eigenvalue weighted by Gasteiger charge is -2.18. The van der Waals surface area contributed by atoms with Crippen molar-refractivity contribution in [2.75, 3.05) is 6.54 Å². The molecule has 0 spiro atoms. The van der Waals surface area contributed by atoms with E-state index in [9.17, 15) is 21.2 Å². The molecule has 0 aliphatic carbocycles. The highest BCUT2D eigenvalue weighted by Gasteiger charge is 2.33. The number of nitrogens with zero attached hydrogens (tertiary/aromatic N) is 1. The van der Waals surface area contributed by atoms with Gasteiger partial charge in [0.25, 0.3) is 0 Å². The van der Waals surface area contributed by atoms with E-state index in [0.717, 1.165) is 23.5 Å². The Morgan fingerprint density at radius 2 is 1.82 bits per heavy atom. The molecule has 1 aromatic carbocycles. The zero-order valence-corrected chi connectivity index (χ0v) is 17.4. The molecule has 3 rings (SSSR count). The standard InChI is InChI=1S/C17H17FN2O5S3/c1-11-17(12(2)25-20-11)28(23,24)19-10-15(13-5-7-14(18)8-6-13)27(21,22)16-4-3-9-26-16/h3-9,15,19H,10H2,1-2H3/t15-/m0/s1. The lowest BCUT2D eigenvalue weighted by molar-refractivity contribution is 0.390. The number of aromatic nitrogens is 1. The van der Waals surface area contributed by atoms with Crippen molar-refractivity contribution < 1.29 is 25.7 Å². The molecular formula is C17H17FN2O5S3. The molecule has 0 amide bonds. The molecule has 28 heavy (non-hydrogen) atoms. The van der Waals surface area contributed by atoms with Crippen LogP contribution in [0.25, 0.3) is 0 Å². The average Bonchev–Trinajstić information content (AvgIpc) is 3.27. The van der Waals surface area contributed by atoms with Gasteiger partial charge in [-0.25, -0.2) is 25.9 Å². The van der Waals surface area contributed by atoms with Gasteiger partial charge in [0.15, 0.2) is 15.6 Å². The van der Waals surface area contributed by atoms with Crippen molar-refractivity contribution in [1.82, 2.24) is 9.88 Å². The van der Waals surface area contributed by atoms with E-state index in [1.54, 1.807) is 11.4 Å². The van der Waals surface area contributed by atoms with Crippen LogP contribution >= 0.6 is 11.3 Å². The first kappa shape index (κ1) is 20.6. The van der Waals surface area contributed by atoms with Gasteiger partial charge in [0, 0.05) is 6.54 Å². The Labute approximate surface area is 166 Å². The van der Waals surface area contributed by atoms with E-state index in [1.807, 2.05) is 0 Å². The number of sulfone groups is 1. The van der Waals surface area contributed by atoms with Crippen molar-refractivity contribution in [3.63, 3.8) is 0 Å². The largest absolute Gasteiger partial charge is 0.360 e. The molecule has 0 saturated heterocycles. The molecule has 2 heterocycles. The fraction of sp³-hybridized carbons (Fsp3) is 0.235. The Morgan fingerprint density at radius 1 is 1.14 bits per heavy atom. The van der Waals surface area contributed by atoms with E-state index >= 15 is 0 Å². The van der Waals surface area contributed by atoms with Gasteiger partial charge in [-0.05, 0) is 43.0 Å². The monoisotopic (exact) mass is 444 g/mol. The molecule has 2 aromatic heterocycles. The number of aryl methyl sites for hydroxylation is 2. The minimum absolute atomic E-state index is 0.0957. The molecule has 1 N–H and O–H groups in total. The predicted octanol–water partition coefficient (Wildman–Crippen LogP) is 2.99. The number of hydrogen-bond donors (Lipinski definition) is 1. The van der Waals surface area contributed by atoms with Crippen LogP contribution in [0.5, 0.6) is 0 Å². The van der Waals surface area contributed by atoms with Crippen molar-refractivity contribution in [1.29, 1.82) is 0 Å². The van der Waals surface area contributed by atoms with Gasteiger partial charge in [-0.1, -0.05) is 23.4 Å². The number of rotatable bonds is 7. The van der Waals surface area contributed by atoms with Crippen molar-refractivity contribution in [3.05, 3.63) is 64.6 Å². The fourth-order valence-corrected chi connectivity index (χ4v) is 7.11. The molecule has 0 aliphatic heterocycles. The Morgan fingerprint density at radius 3 is 2.36 bits per heavy atom. The fourth-order valence-electron chi connectivity index (χ4n) is 2.77. The van der Waals surface area contributed by atoms with Crippen LogP contribution in [0.1, 0.15) is 22.3 Å². The van der Waals surface area contributed by atoms with E-state index in [-0.39, 0.29) is 26.1 Å². The van der Waals surface area contributed by atoms with Gasteiger partial charge in [0.1, 0.15) is 25.9 Å². The molecule has 0 saturated carbocycles. The highest BCUT2D eigenvalue weighted by atomic mass is 32.2. The quantitative estimate of drug-likeness (QED) is 0.600. The molecular weight excluding hydrogens is 427 g/mol. The maximum absolute atomic E-state index is 13.3. The Hall–Kier alpha value is -2.08. The summed E-state index contributed by atoms with van der Waals surface area (Å²) in [5.41, 5.74) is 0.445. The Bertz CT molecular complexity index is 1150. The summed E-state index contributed by atoms with van der Waals surface area (Å²) in [6, 6.07) is 7.96. The highest BCUT2D eigenvalue weighted by Crippen LogP contribution is 2.32. The zero-order valence-electron chi connectivity index (χ0n) is 14.9. The molecule has 1 atom stereocenters. The topological polar surface area (TPSA) is 106 Å². The second-order valence-electron chi connectivity index (χ2n) is 6.02. The molecule has 7 nitrogen and oxygen atoms in total. The van der Waals surface area contributed by atoms with Crippen LogP contribution in [0.4, 0.5) is 4.39 Å². The summed E-state index contributed by atoms with van der Waals surface area (Å²) in [6.07, 6.45) is 0. The molecule has 0 aliphatic rings. The molecule has 150 valence electrons. The van der Waals surface area contributed by atoms with E-state index in [4.69, 9.17) is 4.52 Å². The predicted molar refractivity (Wildman–Crippen MR) is 102 cm³/mol. The summed E-state index contributed by atoms with van der Waals surface area (Å²) in [4.78, 5) is -0.126. The van der Waals surface area contributed by atoms with E-state index in [1.165, 1.54) is 32.0 Å². The number of benzene rings is 1. The number of halogens is 1. The van der Waals surface area contributed by atoms with Crippen molar-refractivity contribution >= 4 is 31.2 Å². The smallest absolute Gasteiger partial charge is 0.246 e. The first-order chi connectivity index (χ1) is 13.1. The number of hydrogen-bond acceptors (Lipinski definition) is 7. The van der Waals surface area contributed by atoms with Gasteiger partial charge in [-0.3, -0.25) is 0 Å². The maximum Gasteiger partial charge on any atom is 0.246 e. The minimum atomic E-state index is -4.06. The SMILES string of the molecule is Cc1noc(C)c1S(=O)(=O)NC[C@@H](c1ccc(F)cc1)S(=O)(=O)c1cccs1. The summed E-state index contributed by atoms with van der Waals surface area (Å²) in [5, 5.41) is 3.99. The summed E-state index contributed by atoms with van der Waals surface area (Å²) in [7, 11) is -7.97. The lowest BCUT2D eigenvalue weighted by atomic mass is 10.1. The molecule has 11 heteroatoms. The summed E-state index contributed by atoms with van der Waals surface area (Å²) < 4.78 is 72.1. The maximum atomic E-state index is 13.3. The van der Waals surface area contributed by atoms with Crippen LogP contribution in [0.15, 0.2) is 55.4 Å². The van der Waals surface area contributed by atoms with Crippen molar-refractivity contribution in [3.8, 4) is 0 Å². The molecule has 0 unspecified atom stereocenters. The number of nitrogens with one attached hydrogen (secondary N) is 1. The van der Waals surface area contributed by atoms with Crippen LogP contribution in [0.2, 0.25) is 0 Å². The third-order valence-electron chi connectivity index (χ3n) is 4.09. The van der Waals surface area contributed by atoms with Gasteiger partial charge in [-0.2, -0.15) is 0 Å². The van der Waals surface area contributed by atoms with Gasteiger partial charge in [-0.15, -0.1) is 11.3 Å². The van der Waals surface area contributed by atoms with Gasteiger partial charge < -0.3 is 4.52 Å². The van der Waals surface area contributed by atoms with Crippen molar-refractivity contribution in [2.45, 2.75) is 28.2 Å². The number of sulfonamides is 1. The molecule has 3 aromatic rings. The normalized spacial score (nSPS) is 13.5. The highest BCUT2D eigenvalue weighted by molar-refractivity contribution is 7.93. The zero-order chi connectivity index (χ0) is 20.5. The van der Waals surface area contributed by atoms with Gasteiger partial charge in [0.05, 0.1) is 0 Å². The molecule has 0 bridgehead atoms.